The monoisotopic (exact) mass is 583 g/mol. The molecule has 42 heavy (non-hydrogen) atoms. The lowest BCUT2D eigenvalue weighted by Crippen LogP contribution is -2.23. The van der Waals surface area contributed by atoms with Crippen molar-refractivity contribution in [2.24, 2.45) is 0 Å². The van der Waals surface area contributed by atoms with Crippen LogP contribution in [0.15, 0.2) is 54.6 Å². The quantitative estimate of drug-likeness (QED) is 0.176. The minimum Gasteiger partial charge on any atom is -0.496 e. The Kier molecular flexibility index (Phi) is 8.50. The largest absolute Gasteiger partial charge is 0.496 e. The summed E-state index contributed by atoms with van der Waals surface area (Å²) in [4.78, 5) is 33.1. The highest BCUT2D eigenvalue weighted by Gasteiger charge is 2.33. The van der Waals surface area contributed by atoms with Crippen LogP contribution in [0.4, 0.5) is 24.7 Å². The van der Waals surface area contributed by atoms with E-state index in [4.69, 9.17) is 9.47 Å². The van der Waals surface area contributed by atoms with Crippen molar-refractivity contribution in [1.29, 1.82) is 0 Å². The number of anilines is 1. The molecule has 0 spiro atoms. The van der Waals surface area contributed by atoms with Crippen LogP contribution in [0.3, 0.4) is 0 Å². The van der Waals surface area contributed by atoms with E-state index in [1.807, 2.05) is 0 Å². The molecule has 1 aromatic heterocycles. The number of rotatable bonds is 9. The number of fused-ring (bicyclic) bond motifs is 1. The van der Waals surface area contributed by atoms with Gasteiger partial charge < -0.3 is 19.7 Å². The highest BCUT2D eigenvalue weighted by atomic mass is 19.4. The molecule has 0 aliphatic carbocycles. The van der Waals surface area contributed by atoms with Crippen molar-refractivity contribution in [3.63, 3.8) is 0 Å². The van der Waals surface area contributed by atoms with Crippen molar-refractivity contribution in [3.8, 4) is 17.2 Å². The SMILES string of the molecule is COc1ccc(Oc2ccc3nc(C)nc(N[C@H](C)c4cc([N+](=O)[O-])cc(C(F)(F)F)c4)c3c2)cc1CC(=O)N(C)C. The van der Waals surface area contributed by atoms with Crippen molar-refractivity contribution in [2.45, 2.75) is 32.5 Å². The predicted molar refractivity (Wildman–Crippen MR) is 150 cm³/mol. The molecule has 0 saturated carbocycles. The van der Waals surface area contributed by atoms with E-state index < -0.39 is 28.4 Å². The zero-order chi connectivity index (χ0) is 30.8. The maximum Gasteiger partial charge on any atom is 0.416 e. The van der Waals surface area contributed by atoms with Gasteiger partial charge in [-0.15, -0.1) is 0 Å². The molecule has 4 aromatic rings. The number of carbonyl (C=O) groups is 1. The Morgan fingerprint density at radius 3 is 2.40 bits per heavy atom. The second kappa shape index (κ2) is 11.9. The van der Waals surface area contributed by atoms with Crippen LogP contribution in [0, 0.1) is 17.0 Å². The number of nitro benzene ring substituents is 1. The number of carbonyl (C=O) groups excluding carboxylic acids is 1. The van der Waals surface area contributed by atoms with E-state index in [2.05, 4.69) is 15.3 Å². The van der Waals surface area contributed by atoms with Gasteiger partial charge >= 0.3 is 6.18 Å². The van der Waals surface area contributed by atoms with Gasteiger partial charge in [0.2, 0.25) is 5.91 Å². The molecule has 1 N–H and O–H groups in total. The predicted octanol–water partition coefficient (Wildman–Crippen LogP) is 6.47. The number of benzene rings is 3. The van der Waals surface area contributed by atoms with Crippen molar-refractivity contribution in [2.75, 3.05) is 26.5 Å². The summed E-state index contributed by atoms with van der Waals surface area (Å²) in [5.41, 5.74) is -0.539. The molecule has 0 aliphatic heterocycles. The number of non-ortho nitro benzene ring substituents is 1. The lowest BCUT2D eigenvalue weighted by atomic mass is 10.0. The zero-order valence-electron chi connectivity index (χ0n) is 23.4. The summed E-state index contributed by atoms with van der Waals surface area (Å²) in [6.45, 7) is 3.25. The molecule has 220 valence electrons. The summed E-state index contributed by atoms with van der Waals surface area (Å²) < 4.78 is 51.8. The maximum absolute atomic E-state index is 13.4. The van der Waals surface area contributed by atoms with Crippen molar-refractivity contribution in [3.05, 3.63) is 87.2 Å². The maximum atomic E-state index is 13.4. The number of alkyl halides is 3. The third-order valence-corrected chi connectivity index (χ3v) is 6.44. The molecular formula is C29H28F3N5O5. The molecule has 3 aromatic carbocycles. The zero-order valence-corrected chi connectivity index (χ0v) is 23.4. The van der Waals surface area contributed by atoms with E-state index >= 15 is 0 Å². The minimum atomic E-state index is -4.76. The van der Waals surface area contributed by atoms with E-state index in [0.29, 0.717) is 51.4 Å². The Balaban J connectivity index is 1.68. The Morgan fingerprint density at radius 2 is 1.76 bits per heavy atom. The molecule has 0 fully saturated rings. The Morgan fingerprint density at radius 1 is 1.07 bits per heavy atom. The van der Waals surface area contributed by atoms with Gasteiger partial charge in [0, 0.05) is 37.2 Å². The summed E-state index contributed by atoms with van der Waals surface area (Å²) >= 11 is 0. The first kappa shape index (κ1) is 30.0. The first-order valence-corrected chi connectivity index (χ1v) is 12.7. The van der Waals surface area contributed by atoms with Gasteiger partial charge in [-0.05, 0) is 61.9 Å². The fourth-order valence-electron chi connectivity index (χ4n) is 4.25. The second-order valence-electron chi connectivity index (χ2n) is 9.77. The van der Waals surface area contributed by atoms with Gasteiger partial charge in [-0.1, -0.05) is 0 Å². The molecule has 0 unspecified atom stereocenters. The molecular weight excluding hydrogens is 555 g/mol. The molecule has 10 nitrogen and oxygen atoms in total. The second-order valence-corrected chi connectivity index (χ2v) is 9.77. The van der Waals surface area contributed by atoms with Crippen molar-refractivity contribution in [1.82, 2.24) is 14.9 Å². The molecule has 1 heterocycles. The van der Waals surface area contributed by atoms with Crippen LogP contribution in [-0.2, 0) is 17.4 Å². The standard InChI is InChI=1S/C29H28F3N5O5/c1-16(18-10-20(29(30,31)32)14-21(11-18)37(39)40)33-28-24-15-23(6-8-25(24)34-17(2)35-28)42-22-7-9-26(41-5)19(12-22)13-27(38)36(3)4/h6-12,14-16H,13H2,1-5H3,(H,33,34,35)/t16-/m1/s1. The Bertz CT molecular complexity index is 1660. The van der Waals surface area contributed by atoms with Crippen LogP contribution in [-0.4, -0.2) is 46.9 Å². The number of amides is 1. The number of methoxy groups -OCH3 is 1. The number of halogens is 3. The van der Waals surface area contributed by atoms with Gasteiger partial charge in [0.15, 0.2) is 0 Å². The average molecular weight is 584 g/mol. The number of hydrogen-bond acceptors (Lipinski definition) is 8. The molecule has 1 amide bonds. The van der Waals surface area contributed by atoms with Gasteiger partial charge in [0.1, 0.15) is 28.9 Å². The van der Waals surface area contributed by atoms with Gasteiger partial charge in [0.05, 0.1) is 35.6 Å². The topological polar surface area (TPSA) is 120 Å². The summed E-state index contributed by atoms with van der Waals surface area (Å²) in [7, 11) is 4.83. The third-order valence-electron chi connectivity index (χ3n) is 6.44. The van der Waals surface area contributed by atoms with E-state index in [1.165, 1.54) is 12.0 Å². The molecule has 13 heteroatoms. The van der Waals surface area contributed by atoms with E-state index in [0.717, 1.165) is 12.1 Å². The smallest absolute Gasteiger partial charge is 0.416 e. The minimum absolute atomic E-state index is 0.0615. The van der Waals surface area contributed by atoms with Gasteiger partial charge in [-0.2, -0.15) is 13.2 Å². The van der Waals surface area contributed by atoms with Crippen molar-refractivity contribution < 1.29 is 32.4 Å². The number of nitrogens with one attached hydrogen (secondary N) is 1. The molecule has 0 radical (unpaired) electrons. The Hall–Kier alpha value is -4.94. The molecule has 0 aliphatic rings. The first-order chi connectivity index (χ1) is 19.7. The normalized spacial score (nSPS) is 12.1. The number of hydrogen-bond donors (Lipinski definition) is 1. The average Bonchev–Trinajstić information content (AvgIpc) is 2.92. The number of ether oxygens (including phenoxy) is 2. The van der Waals surface area contributed by atoms with Crippen LogP contribution in [0.1, 0.15) is 35.5 Å². The number of aromatic nitrogens is 2. The van der Waals surface area contributed by atoms with E-state index in [9.17, 15) is 28.1 Å². The van der Waals surface area contributed by atoms with Crippen LogP contribution in [0.2, 0.25) is 0 Å². The number of nitro groups is 1. The number of aryl methyl sites for hydroxylation is 1. The molecule has 0 saturated heterocycles. The van der Waals surface area contributed by atoms with E-state index in [1.54, 1.807) is 64.3 Å². The summed E-state index contributed by atoms with van der Waals surface area (Å²) in [6, 6.07) is 11.9. The molecule has 1 atom stereocenters. The van der Waals surface area contributed by atoms with Gasteiger partial charge in [-0.3, -0.25) is 14.9 Å². The number of likely N-dealkylation sites (N-methyl/N-ethyl adjacent to an activating group) is 1. The molecule has 4 rings (SSSR count). The van der Waals surface area contributed by atoms with Crippen LogP contribution in [0.5, 0.6) is 17.2 Å². The van der Waals surface area contributed by atoms with Crippen molar-refractivity contribution >= 4 is 28.3 Å². The fourth-order valence-corrected chi connectivity index (χ4v) is 4.25. The van der Waals surface area contributed by atoms with E-state index in [-0.39, 0.29) is 17.9 Å². The summed E-state index contributed by atoms with van der Waals surface area (Å²) in [5, 5.41) is 14.9. The highest BCUT2D eigenvalue weighted by molar-refractivity contribution is 5.90. The lowest BCUT2D eigenvalue weighted by Gasteiger charge is -2.19. The van der Waals surface area contributed by atoms with Gasteiger partial charge in [0.25, 0.3) is 5.69 Å². The molecule has 0 bridgehead atoms. The summed E-state index contributed by atoms with van der Waals surface area (Å²) in [5.74, 6) is 2.00. The number of nitrogens with zero attached hydrogens (tertiary/aromatic N) is 4. The first-order valence-electron chi connectivity index (χ1n) is 12.7. The van der Waals surface area contributed by atoms with Crippen LogP contribution in [0.25, 0.3) is 10.9 Å². The van der Waals surface area contributed by atoms with Crippen LogP contribution >= 0.6 is 0 Å². The summed E-state index contributed by atoms with van der Waals surface area (Å²) in [6.07, 6.45) is -4.65. The van der Waals surface area contributed by atoms with Crippen LogP contribution < -0.4 is 14.8 Å². The fraction of sp³-hybridized carbons (Fsp3) is 0.276. The lowest BCUT2D eigenvalue weighted by molar-refractivity contribution is -0.385. The Labute approximate surface area is 239 Å². The van der Waals surface area contributed by atoms with Gasteiger partial charge in [-0.25, -0.2) is 9.97 Å². The highest BCUT2D eigenvalue weighted by Crippen LogP contribution is 2.36. The third kappa shape index (κ3) is 6.85.